The molecule has 1 amide bonds. The summed E-state index contributed by atoms with van der Waals surface area (Å²) in [7, 11) is -9.98. The van der Waals surface area contributed by atoms with Crippen LogP contribution in [0.2, 0.25) is 0 Å². The molecule has 0 saturated heterocycles. The summed E-state index contributed by atoms with van der Waals surface area (Å²) in [5, 5.41) is 6.37. The molecule has 0 aliphatic heterocycles. The molecule has 8 nitrogen and oxygen atoms in total. The maximum atomic E-state index is 15.0. The smallest absolute Gasteiger partial charge is 0.310 e. The van der Waals surface area contributed by atoms with Crippen molar-refractivity contribution in [3.05, 3.63) is 130 Å². The maximum Gasteiger partial charge on any atom is 0.310 e. The van der Waals surface area contributed by atoms with Gasteiger partial charge in [-0.1, -0.05) is 55.8 Å². The quantitative estimate of drug-likeness (QED) is 0.130. The number of pyridine rings is 1. The van der Waals surface area contributed by atoms with Gasteiger partial charge in [0.1, 0.15) is 23.0 Å². The molecule has 0 unspecified atom stereocenters. The molecule has 16 heteroatoms. The molecule has 0 saturated carbocycles. The summed E-state index contributed by atoms with van der Waals surface area (Å²) in [5.41, 5.74) is 1.38. The van der Waals surface area contributed by atoms with Gasteiger partial charge in [0.25, 0.3) is 11.5 Å². The maximum absolute atomic E-state index is 15.0. The topological polar surface area (TPSA) is 105 Å². The lowest BCUT2D eigenvalue weighted by atomic mass is 10.0. The Morgan fingerprint density at radius 1 is 0.860 bits per heavy atom. The molecule has 0 bridgehead atoms. The molecule has 0 atom stereocenters. The van der Waals surface area contributed by atoms with Gasteiger partial charge in [0, 0.05) is 52.2 Å². The number of hydrogen-bond acceptors (Lipinski definition) is 5. The first-order valence-corrected chi connectivity index (χ1v) is 16.9. The van der Waals surface area contributed by atoms with Crippen LogP contribution < -0.4 is 16.2 Å². The van der Waals surface area contributed by atoms with Crippen molar-refractivity contribution >= 4 is 32.7 Å². The van der Waals surface area contributed by atoms with Crippen LogP contribution in [0.1, 0.15) is 22.4 Å². The largest absolute Gasteiger partial charge is 0.375 e. The number of benzene rings is 3. The Hall–Kier alpha value is -5.64. The van der Waals surface area contributed by atoms with Gasteiger partial charge in [-0.2, -0.15) is 8.78 Å². The monoisotopic (exact) mass is 714 g/mol. The minimum Gasteiger partial charge on any atom is -0.375 e. The number of aromatic amines is 1. The fourth-order valence-corrected chi connectivity index (χ4v) is 6.56. The highest BCUT2D eigenvalue weighted by Crippen LogP contribution is 3.02. The van der Waals surface area contributed by atoms with Gasteiger partial charge in [0.2, 0.25) is 5.91 Å². The Morgan fingerprint density at radius 2 is 1.60 bits per heavy atom. The Morgan fingerprint density at radius 3 is 2.34 bits per heavy atom. The molecule has 3 N–H and O–H groups in total. The number of hydrogen-bond donors (Lipinski definition) is 3. The molecule has 6 aromatic rings. The first-order chi connectivity index (χ1) is 23.5. The van der Waals surface area contributed by atoms with E-state index in [1.165, 1.54) is 24.3 Å². The van der Waals surface area contributed by atoms with Crippen molar-refractivity contribution in [3.8, 4) is 22.5 Å². The van der Waals surface area contributed by atoms with Crippen molar-refractivity contribution < 1.29 is 33.0 Å². The first kappa shape index (κ1) is 32.9. The van der Waals surface area contributed by atoms with Crippen LogP contribution in [0.25, 0.3) is 33.4 Å². The SMILES string of the molecule is O=C(Cn1c(-c2ccc(S(F)(F)(F)(F)F)cc2)ncc(NCc2ccc3c(c2)-c2ccccc2C3(F)F)c1=O)NCc1cc2cnccc2[nH]1. The normalized spacial score (nSPS) is 14.8. The molecule has 1 aliphatic carbocycles. The van der Waals surface area contributed by atoms with E-state index >= 15 is 8.78 Å². The molecule has 3 heterocycles. The summed E-state index contributed by atoms with van der Waals surface area (Å²) >= 11 is 0. The third-order valence-electron chi connectivity index (χ3n) is 8.32. The van der Waals surface area contributed by atoms with Gasteiger partial charge >= 0.3 is 10.2 Å². The number of fused-ring (bicyclic) bond motifs is 4. The van der Waals surface area contributed by atoms with E-state index in [1.54, 1.807) is 42.7 Å². The number of carbonyl (C=O) groups is 1. The summed E-state index contributed by atoms with van der Waals surface area (Å²) in [6.45, 7) is -0.619. The van der Waals surface area contributed by atoms with E-state index in [9.17, 15) is 29.0 Å². The Bertz CT molecular complexity index is 2340. The van der Waals surface area contributed by atoms with Crippen molar-refractivity contribution in [2.24, 2.45) is 0 Å². The number of H-pyrrole nitrogens is 1. The van der Waals surface area contributed by atoms with Gasteiger partial charge in [-0.15, -0.1) is 0 Å². The lowest BCUT2D eigenvalue weighted by Gasteiger charge is -2.40. The van der Waals surface area contributed by atoms with Crippen molar-refractivity contribution in [2.45, 2.75) is 30.5 Å². The van der Waals surface area contributed by atoms with Gasteiger partial charge in [-0.25, -0.2) is 4.98 Å². The van der Waals surface area contributed by atoms with Crippen molar-refractivity contribution in [1.82, 2.24) is 24.8 Å². The van der Waals surface area contributed by atoms with E-state index in [0.29, 0.717) is 22.4 Å². The number of halogens is 7. The number of nitrogens with one attached hydrogen (secondary N) is 3. The minimum atomic E-state index is -9.98. The van der Waals surface area contributed by atoms with E-state index in [2.05, 4.69) is 25.6 Å². The van der Waals surface area contributed by atoms with Crippen LogP contribution in [0, 0.1) is 0 Å². The number of alkyl halides is 2. The minimum absolute atomic E-state index is 0.0165. The number of amides is 1. The second-order valence-corrected chi connectivity index (χ2v) is 14.2. The third kappa shape index (κ3) is 6.17. The number of rotatable bonds is 9. The van der Waals surface area contributed by atoms with E-state index in [0.717, 1.165) is 33.8 Å². The van der Waals surface area contributed by atoms with E-state index in [-0.39, 0.29) is 53.4 Å². The molecule has 258 valence electrons. The second-order valence-electron chi connectivity index (χ2n) is 11.8. The Balaban J connectivity index is 1.17. The van der Waals surface area contributed by atoms with Crippen LogP contribution in [-0.4, -0.2) is 25.4 Å². The summed E-state index contributed by atoms with van der Waals surface area (Å²) in [5.74, 6) is -4.09. The number of carbonyl (C=O) groups excluding carboxylic acids is 1. The van der Waals surface area contributed by atoms with Gasteiger partial charge in [0.15, 0.2) is 0 Å². The molecular weight excluding hydrogens is 689 g/mol. The molecule has 50 heavy (non-hydrogen) atoms. The van der Waals surface area contributed by atoms with Crippen molar-refractivity contribution in [3.63, 3.8) is 0 Å². The summed E-state index contributed by atoms with van der Waals surface area (Å²) in [6, 6.07) is 15.9. The molecule has 7 rings (SSSR count). The Kier molecular flexibility index (Phi) is 7.19. The van der Waals surface area contributed by atoms with E-state index in [4.69, 9.17) is 0 Å². The average molecular weight is 715 g/mol. The molecule has 0 fully saturated rings. The second kappa shape index (κ2) is 10.9. The van der Waals surface area contributed by atoms with Crippen LogP contribution in [0.4, 0.5) is 33.9 Å². The number of aromatic nitrogens is 4. The van der Waals surface area contributed by atoms with Crippen LogP contribution in [0.15, 0.2) is 107 Å². The highest BCUT2D eigenvalue weighted by atomic mass is 32.5. The molecule has 0 spiro atoms. The van der Waals surface area contributed by atoms with Crippen LogP contribution >= 0.6 is 10.2 Å². The highest BCUT2D eigenvalue weighted by molar-refractivity contribution is 8.45. The van der Waals surface area contributed by atoms with Gasteiger partial charge < -0.3 is 15.6 Å². The van der Waals surface area contributed by atoms with Gasteiger partial charge in [0.05, 0.1) is 12.7 Å². The summed E-state index contributed by atoms with van der Waals surface area (Å²) in [6.07, 6.45) is 4.32. The Labute approximate surface area is 278 Å². The lowest BCUT2D eigenvalue weighted by molar-refractivity contribution is -0.121. The fourth-order valence-electron chi connectivity index (χ4n) is 5.90. The van der Waals surface area contributed by atoms with E-state index < -0.39 is 39.1 Å². The predicted molar refractivity (Wildman–Crippen MR) is 175 cm³/mol. The first-order valence-electron chi connectivity index (χ1n) is 15.0. The van der Waals surface area contributed by atoms with Gasteiger partial charge in [-0.3, -0.25) is 19.1 Å². The van der Waals surface area contributed by atoms with Crippen LogP contribution in [0.5, 0.6) is 0 Å². The summed E-state index contributed by atoms with van der Waals surface area (Å²) < 4.78 is 97.8. The lowest BCUT2D eigenvalue weighted by Crippen LogP contribution is -2.34. The zero-order valence-corrected chi connectivity index (χ0v) is 26.4. The van der Waals surface area contributed by atoms with Crippen molar-refractivity contribution in [1.29, 1.82) is 0 Å². The predicted octanol–water partition coefficient (Wildman–Crippen LogP) is 8.49. The third-order valence-corrected chi connectivity index (χ3v) is 9.48. The molecule has 0 radical (unpaired) electrons. The summed E-state index contributed by atoms with van der Waals surface area (Å²) in [4.78, 5) is 36.1. The number of nitrogens with zero attached hydrogens (tertiary/aromatic N) is 3. The standard InChI is InChI=1S/C34H25F7N6O2S/c35-34(36)27-4-2-1-3-25(27)26-13-20(5-10-28(26)34)15-43-30-18-45-32(21-6-8-24(9-7-21)50(37,38,39,40)41)47(33(30)49)19-31(48)44-17-23-14-22-16-42-12-11-29(22)46-23/h1-14,16,18,43,46H,15,17,19H2,(H,44,48). The van der Waals surface area contributed by atoms with Crippen LogP contribution in [0.3, 0.4) is 0 Å². The fraction of sp³-hybridized carbons (Fsp3) is 0.118. The van der Waals surface area contributed by atoms with Gasteiger partial charge in [-0.05, 0) is 59.2 Å². The average Bonchev–Trinajstić information content (AvgIpc) is 3.59. The number of anilines is 1. The highest BCUT2D eigenvalue weighted by Gasteiger charge is 2.65. The van der Waals surface area contributed by atoms with Crippen molar-refractivity contribution in [2.75, 3.05) is 5.32 Å². The zero-order valence-electron chi connectivity index (χ0n) is 25.6. The molecule has 3 aromatic heterocycles. The zero-order chi connectivity index (χ0) is 35.5. The molecular formula is C34H25F7N6O2S. The molecule has 3 aromatic carbocycles. The van der Waals surface area contributed by atoms with Crippen LogP contribution in [-0.2, 0) is 30.4 Å². The van der Waals surface area contributed by atoms with E-state index in [1.807, 2.05) is 0 Å². The molecule has 1 aliphatic rings.